The Kier molecular flexibility index (Phi) is 7.33. The Labute approximate surface area is 176 Å². The number of nitrogens with one attached hydrogen (secondary N) is 2. The van der Waals surface area contributed by atoms with Crippen LogP contribution < -0.4 is 5.32 Å². The fourth-order valence-electron chi connectivity index (χ4n) is 3.07. The molecule has 7 heteroatoms. The molecule has 0 bridgehead atoms. The van der Waals surface area contributed by atoms with Crippen LogP contribution in [0.2, 0.25) is 0 Å². The summed E-state index contributed by atoms with van der Waals surface area (Å²) < 4.78 is 1.13. The molecule has 3 rings (SSSR count). The molecule has 0 saturated heterocycles. The van der Waals surface area contributed by atoms with Crippen molar-refractivity contribution in [2.75, 3.05) is 5.88 Å². The molecular formula is C20H23BrClN3OS. The zero-order chi connectivity index (χ0) is 19.2. The number of nitrogens with zero attached hydrogens (tertiary/aromatic N) is 1. The summed E-state index contributed by atoms with van der Waals surface area (Å²) in [5.74, 6) is 1.81. The van der Waals surface area contributed by atoms with E-state index in [0.717, 1.165) is 39.9 Å². The SMILES string of the molecule is CC(CC(=O)NCc1nc2ccc(CCCCl)cc2[nH]1)Cc1ccc(Br)s1. The average molecular weight is 469 g/mol. The van der Waals surface area contributed by atoms with Gasteiger partial charge in [-0.3, -0.25) is 4.79 Å². The van der Waals surface area contributed by atoms with Gasteiger partial charge in [0.1, 0.15) is 5.82 Å². The summed E-state index contributed by atoms with van der Waals surface area (Å²) >= 11 is 11.0. The maximum Gasteiger partial charge on any atom is 0.220 e. The van der Waals surface area contributed by atoms with Crippen molar-refractivity contribution < 1.29 is 4.79 Å². The first-order valence-corrected chi connectivity index (χ1v) is 11.2. The monoisotopic (exact) mass is 467 g/mol. The fraction of sp³-hybridized carbons (Fsp3) is 0.400. The van der Waals surface area contributed by atoms with E-state index in [1.165, 1.54) is 10.4 Å². The van der Waals surface area contributed by atoms with E-state index in [-0.39, 0.29) is 5.91 Å². The molecule has 2 heterocycles. The van der Waals surface area contributed by atoms with Crippen LogP contribution in [0, 0.1) is 5.92 Å². The van der Waals surface area contributed by atoms with E-state index < -0.39 is 0 Å². The molecule has 0 aliphatic heterocycles. The number of fused-ring (bicyclic) bond motifs is 1. The second-order valence-corrected chi connectivity index (χ2v) is 9.75. The molecule has 2 aromatic heterocycles. The van der Waals surface area contributed by atoms with E-state index in [9.17, 15) is 4.79 Å². The summed E-state index contributed by atoms with van der Waals surface area (Å²) in [5.41, 5.74) is 3.17. The van der Waals surface area contributed by atoms with Crippen molar-refractivity contribution in [1.29, 1.82) is 0 Å². The van der Waals surface area contributed by atoms with Gasteiger partial charge in [0.2, 0.25) is 5.91 Å². The van der Waals surface area contributed by atoms with Crippen LogP contribution >= 0.6 is 38.9 Å². The van der Waals surface area contributed by atoms with Gasteiger partial charge in [-0.05, 0) is 70.9 Å². The first-order chi connectivity index (χ1) is 13.0. The smallest absolute Gasteiger partial charge is 0.220 e. The molecule has 27 heavy (non-hydrogen) atoms. The molecule has 0 fully saturated rings. The molecule has 1 unspecified atom stereocenters. The molecule has 144 valence electrons. The Morgan fingerprint density at radius 2 is 2.22 bits per heavy atom. The number of carbonyl (C=O) groups excluding carboxylic acids is 1. The minimum atomic E-state index is 0.0568. The number of imidazole rings is 1. The van der Waals surface area contributed by atoms with Gasteiger partial charge >= 0.3 is 0 Å². The van der Waals surface area contributed by atoms with Crippen molar-refractivity contribution in [3.63, 3.8) is 0 Å². The normalized spacial score (nSPS) is 12.4. The molecule has 2 N–H and O–H groups in total. The third kappa shape index (κ3) is 6.06. The Morgan fingerprint density at radius 1 is 1.37 bits per heavy atom. The van der Waals surface area contributed by atoms with Crippen molar-refractivity contribution in [3.8, 4) is 0 Å². The van der Waals surface area contributed by atoms with E-state index in [4.69, 9.17) is 11.6 Å². The second-order valence-electron chi connectivity index (χ2n) is 6.82. The second kappa shape index (κ2) is 9.71. The van der Waals surface area contributed by atoms with Gasteiger partial charge in [0.15, 0.2) is 0 Å². The van der Waals surface area contributed by atoms with Crippen LogP contribution in [0.3, 0.4) is 0 Å². The molecule has 1 amide bonds. The van der Waals surface area contributed by atoms with Gasteiger partial charge in [-0.1, -0.05) is 13.0 Å². The Balaban J connectivity index is 1.50. The van der Waals surface area contributed by atoms with Crippen LogP contribution in [0.1, 0.15) is 36.0 Å². The maximum atomic E-state index is 12.2. The van der Waals surface area contributed by atoms with Crippen molar-refractivity contribution in [3.05, 3.63) is 50.4 Å². The van der Waals surface area contributed by atoms with Crippen molar-refractivity contribution in [2.45, 2.75) is 39.2 Å². The predicted octanol–water partition coefficient (Wildman–Crippen LogP) is 5.44. The summed E-state index contributed by atoms with van der Waals surface area (Å²) in [6, 6.07) is 10.4. The molecule has 0 aliphatic carbocycles. The number of halogens is 2. The van der Waals surface area contributed by atoms with Gasteiger partial charge in [0.25, 0.3) is 0 Å². The lowest BCUT2D eigenvalue weighted by Crippen LogP contribution is -2.25. The van der Waals surface area contributed by atoms with Gasteiger partial charge in [0, 0.05) is 17.2 Å². The highest BCUT2D eigenvalue weighted by Crippen LogP contribution is 2.25. The standard InChI is InChI=1S/C20H23BrClN3OS/c1-13(9-15-5-7-18(21)27-15)10-20(26)23-12-19-24-16-6-4-14(3-2-8-22)11-17(16)25-19/h4-7,11,13H,2-3,8-10,12H2,1H3,(H,23,26)(H,24,25). The summed E-state index contributed by atoms with van der Waals surface area (Å²) in [4.78, 5) is 21.4. The van der Waals surface area contributed by atoms with E-state index in [1.54, 1.807) is 11.3 Å². The largest absolute Gasteiger partial charge is 0.349 e. The highest BCUT2D eigenvalue weighted by atomic mass is 79.9. The number of hydrogen-bond donors (Lipinski definition) is 2. The number of hydrogen-bond acceptors (Lipinski definition) is 3. The van der Waals surface area contributed by atoms with Crippen LogP contribution in [0.15, 0.2) is 34.1 Å². The van der Waals surface area contributed by atoms with Crippen molar-refractivity contribution in [2.24, 2.45) is 5.92 Å². The highest BCUT2D eigenvalue weighted by Gasteiger charge is 2.12. The molecule has 1 atom stereocenters. The van der Waals surface area contributed by atoms with E-state index in [0.29, 0.717) is 24.8 Å². The zero-order valence-corrected chi connectivity index (χ0v) is 18.4. The number of aryl methyl sites for hydroxylation is 1. The summed E-state index contributed by atoms with van der Waals surface area (Å²) in [7, 11) is 0. The number of rotatable bonds is 9. The van der Waals surface area contributed by atoms with Gasteiger partial charge in [0.05, 0.1) is 21.4 Å². The Bertz CT molecular complexity index is 908. The minimum absolute atomic E-state index is 0.0568. The van der Waals surface area contributed by atoms with E-state index >= 15 is 0 Å². The van der Waals surface area contributed by atoms with Crippen molar-refractivity contribution in [1.82, 2.24) is 15.3 Å². The number of H-pyrrole nitrogens is 1. The molecule has 0 aliphatic rings. The number of thiophene rings is 1. The van der Waals surface area contributed by atoms with Gasteiger partial charge < -0.3 is 10.3 Å². The number of alkyl halides is 1. The minimum Gasteiger partial charge on any atom is -0.349 e. The topological polar surface area (TPSA) is 57.8 Å². The van der Waals surface area contributed by atoms with Crippen LogP contribution in [0.5, 0.6) is 0 Å². The molecule has 0 radical (unpaired) electrons. The molecule has 0 spiro atoms. The number of amides is 1. The Hall–Kier alpha value is -1.37. The molecule has 0 saturated carbocycles. The van der Waals surface area contributed by atoms with Gasteiger partial charge in [-0.25, -0.2) is 4.98 Å². The Morgan fingerprint density at radius 3 is 2.96 bits per heavy atom. The summed E-state index contributed by atoms with van der Waals surface area (Å²) in [6.07, 6.45) is 3.35. The average Bonchev–Trinajstić information content (AvgIpc) is 3.23. The summed E-state index contributed by atoms with van der Waals surface area (Å²) in [5, 5.41) is 2.97. The van der Waals surface area contributed by atoms with E-state index in [1.807, 2.05) is 6.07 Å². The zero-order valence-electron chi connectivity index (χ0n) is 15.2. The molecular weight excluding hydrogens is 446 g/mol. The highest BCUT2D eigenvalue weighted by molar-refractivity contribution is 9.11. The third-order valence-corrected chi connectivity index (χ3v) is 6.27. The van der Waals surface area contributed by atoms with Crippen LogP contribution in [-0.4, -0.2) is 21.8 Å². The first kappa shape index (κ1) is 20.4. The van der Waals surface area contributed by atoms with Gasteiger partial charge in [-0.15, -0.1) is 22.9 Å². The lowest BCUT2D eigenvalue weighted by Gasteiger charge is -2.10. The first-order valence-electron chi connectivity index (χ1n) is 9.08. The molecule has 1 aromatic carbocycles. The van der Waals surface area contributed by atoms with Crippen LogP contribution in [0.4, 0.5) is 0 Å². The van der Waals surface area contributed by atoms with Crippen molar-refractivity contribution >= 4 is 55.8 Å². The lowest BCUT2D eigenvalue weighted by molar-refractivity contribution is -0.122. The molecule has 4 nitrogen and oxygen atoms in total. The molecule has 3 aromatic rings. The number of benzene rings is 1. The number of carbonyl (C=O) groups is 1. The van der Waals surface area contributed by atoms with Crippen LogP contribution in [0.25, 0.3) is 11.0 Å². The predicted molar refractivity (Wildman–Crippen MR) is 116 cm³/mol. The lowest BCUT2D eigenvalue weighted by atomic mass is 10.0. The van der Waals surface area contributed by atoms with E-state index in [2.05, 4.69) is 62.4 Å². The quantitative estimate of drug-likeness (QED) is 0.411. The number of aromatic amines is 1. The number of aromatic nitrogens is 2. The summed E-state index contributed by atoms with van der Waals surface area (Å²) in [6.45, 7) is 2.53. The van der Waals surface area contributed by atoms with Gasteiger partial charge in [-0.2, -0.15) is 0 Å². The van der Waals surface area contributed by atoms with Crippen LogP contribution in [-0.2, 0) is 24.2 Å². The maximum absolute atomic E-state index is 12.2. The third-order valence-electron chi connectivity index (χ3n) is 4.36. The fourth-order valence-corrected chi connectivity index (χ4v) is 4.85.